The van der Waals surface area contributed by atoms with Crippen LogP contribution in [0.2, 0.25) is 0 Å². The van der Waals surface area contributed by atoms with Gasteiger partial charge in [-0.05, 0) is 45.7 Å². The number of aliphatic hydroxyl groups excluding tert-OH is 1. The summed E-state index contributed by atoms with van der Waals surface area (Å²) in [7, 11) is 0. The van der Waals surface area contributed by atoms with Crippen LogP contribution in [0.15, 0.2) is 24.3 Å². The van der Waals surface area contributed by atoms with Gasteiger partial charge < -0.3 is 20.1 Å². The fraction of sp³-hybridized carbons (Fsp3) is 0.562. The first-order valence-electron chi connectivity index (χ1n) is 7.37. The van der Waals surface area contributed by atoms with Crippen LogP contribution in [-0.2, 0) is 0 Å². The van der Waals surface area contributed by atoms with Crippen molar-refractivity contribution in [1.29, 1.82) is 0 Å². The number of hydrogen-bond acceptors (Lipinski definition) is 3. The molecule has 1 saturated heterocycles. The molecule has 1 aromatic carbocycles. The Balaban J connectivity index is 2.10. The molecule has 1 fully saturated rings. The number of nitrogens with zero attached hydrogens (tertiary/aromatic N) is 1. The number of benzene rings is 1. The SMILES string of the molecule is CC(C)(C)Oc1ccccc1NC(=O)N1CCC[C@H]1CO. The molecule has 21 heavy (non-hydrogen) atoms. The minimum atomic E-state index is -0.331. The second-order valence-electron chi connectivity index (χ2n) is 6.31. The van der Waals surface area contributed by atoms with E-state index in [-0.39, 0.29) is 24.3 Å². The van der Waals surface area contributed by atoms with Crippen molar-refractivity contribution in [1.82, 2.24) is 4.90 Å². The zero-order chi connectivity index (χ0) is 15.5. The Morgan fingerprint density at radius 3 is 2.81 bits per heavy atom. The molecule has 2 rings (SSSR count). The van der Waals surface area contributed by atoms with Gasteiger partial charge in [-0.25, -0.2) is 4.79 Å². The minimum Gasteiger partial charge on any atom is -0.486 e. The van der Waals surface area contributed by atoms with Crippen LogP contribution in [0.1, 0.15) is 33.6 Å². The number of carbonyl (C=O) groups is 1. The standard InChI is InChI=1S/C16H24N2O3/c1-16(2,3)21-14-9-5-4-8-13(14)17-15(20)18-10-6-7-12(18)11-19/h4-5,8-9,12,19H,6-7,10-11H2,1-3H3,(H,17,20)/t12-/m0/s1. The fourth-order valence-electron chi connectivity index (χ4n) is 2.47. The van der Waals surface area contributed by atoms with Gasteiger partial charge >= 0.3 is 6.03 Å². The first-order valence-corrected chi connectivity index (χ1v) is 7.37. The van der Waals surface area contributed by atoms with Crippen LogP contribution in [0.5, 0.6) is 5.75 Å². The molecule has 0 saturated carbocycles. The van der Waals surface area contributed by atoms with Crippen LogP contribution in [0.4, 0.5) is 10.5 Å². The second kappa shape index (κ2) is 6.35. The molecule has 2 amide bonds. The summed E-state index contributed by atoms with van der Waals surface area (Å²) in [6.07, 6.45) is 1.78. The van der Waals surface area contributed by atoms with E-state index in [2.05, 4.69) is 5.32 Å². The lowest BCUT2D eigenvalue weighted by atomic mass is 10.2. The van der Waals surface area contributed by atoms with E-state index in [1.54, 1.807) is 4.90 Å². The van der Waals surface area contributed by atoms with Gasteiger partial charge in [0, 0.05) is 6.54 Å². The predicted octanol–water partition coefficient (Wildman–Crippen LogP) is 2.85. The molecular weight excluding hydrogens is 268 g/mol. The van der Waals surface area contributed by atoms with E-state index in [0.29, 0.717) is 18.0 Å². The summed E-state index contributed by atoms with van der Waals surface area (Å²) >= 11 is 0. The smallest absolute Gasteiger partial charge is 0.322 e. The number of urea groups is 1. The van der Waals surface area contributed by atoms with Crippen molar-refractivity contribution in [2.45, 2.75) is 45.3 Å². The normalized spacial score (nSPS) is 18.7. The third kappa shape index (κ3) is 4.11. The largest absolute Gasteiger partial charge is 0.486 e. The van der Waals surface area contributed by atoms with Crippen LogP contribution < -0.4 is 10.1 Å². The van der Waals surface area contributed by atoms with Gasteiger partial charge in [0.05, 0.1) is 18.3 Å². The van der Waals surface area contributed by atoms with Crippen LogP contribution in [0.3, 0.4) is 0 Å². The Labute approximate surface area is 125 Å². The highest BCUT2D eigenvalue weighted by atomic mass is 16.5. The maximum absolute atomic E-state index is 12.4. The van der Waals surface area contributed by atoms with Gasteiger partial charge in [-0.15, -0.1) is 0 Å². The number of para-hydroxylation sites is 2. The fourth-order valence-corrected chi connectivity index (χ4v) is 2.47. The number of likely N-dealkylation sites (tertiary alicyclic amines) is 1. The lowest BCUT2D eigenvalue weighted by Gasteiger charge is -2.26. The topological polar surface area (TPSA) is 61.8 Å². The molecule has 0 aromatic heterocycles. The number of rotatable bonds is 3. The van der Waals surface area contributed by atoms with Crippen molar-refractivity contribution >= 4 is 11.7 Å². The first kappa shape index (κ1) is 15.6. The van der Waals surface area contributed by atoms with Gasteiger partial charge in [0.1, 0.15) is 11.4 Å². The van der Waals surface area contributed by atoms with Gasteiger partial charge in [-0.2, -0.15) is 0 Å². The number of ether oxygens (including phenoxy) is 1. The third-order valence-corrected chi connectivity index (χ3v) is 3.39. The Morgan fingerprint density at radius 2 is 2.14 bits per heavy atom. The van der Waals surface area contributed by atoms with Crippen molar-refractivity contribution < 1.29 is 14.6 Å². The van der Waals surface area contributed by atoms with Crippen LogP contribution >= 0.6 is 0 Å². The van der Waals surface area contributed by atoms with Crippen molar-refractivity contribution in [3.05, 3.63) is 24.3 Å². The highest BCUT2D eigenvalue weighted by Gasteiger charge is 2.28. The third-order valence-electron chi connectivity index (χ3n) is 3.39. The van der Waals surface area contributed by atoms with E-state index >= 15 is 0 Å². The van der Waals surface area contributed by atoms with Crippen molar-refractivity contribution in [2.24, 2.45) is 0 Å². The van der Waals surface area contributed by atoms with Gasteiger partial charge in [0.25, 0.3) is 0 Å². The monoisotopic (exact) mass is 292 g/mol. The molecule has 0 unspecified atom stereocenters. The second-order valence-corrected chi connectivity index (χ2v) is 6.31. The number of nitrogens with one attached hydrogen (secondary N) is 1. The summed E-state index contributed by atoms with van der Waals surface area (Å²) in [6.45, 7) is 6.59. The van der Waals surface area contributed by atoms with E-state index in [0.717, 1.165) is 12.8 Å². The number of aliphatic hydroxyl groups is 1. The molecule has 1 aliphatic heterocycles. The summed E-state index contributed by atoms with van der Waals surface area (Å²) in [5.74, 6) is 0.651. The van der Waals surface area contributed by atoms with E-state index in [4.69, 9.17) is 4.74 Å². The molecule has 0 spiro atoms. The van der Waals surface area contributed by atoms with Gasteiger partial charge in [0.2, 0.25) is 0 Å². The zero-order valence-corrected chi connectivity index (χ0v) is 12.9. The molecule has 1 aromatic rings. The lowest BCUT2D eigenvalue weighted by molar-refractivity contribution is 0.131. The molecule has 5 nitrogen and oxygen atoms in total. The molecule has 1 aliphatic rings. The Morgan fingerprint density at radius 1 is 1.43 bits per heavy atom. The summed E-state index contributed by atoms with van der Waals surface area (Å²) in [4.78, 5) is 14.0. The molecule has 5 heteroatoms. The van der Waals surface area contributed by atoms with Gasteiger partial charge in [-0.1, -0.05) is 12.1 Å². The average Bonchev–Trinajstić information content (AvgIpc) is 2.87. The predicted molar refractivity (Wildman–Crippen MR) is 82.7 cm³/mol. The van der Waals surface area contributed by atoms with Crippen LogP contribution in [0, 0.1) is 0 Å². The summed E-state index contributed by atoms with van der Waals surface area (Å²) in [6, 6.07) is 7.14. The van der Waals surface area contributed by atoms with E-state index in [1.807, 2.05) is 45.0 Å². The van der Waals surface area contributed by atoms with E-state index in [9.17, 15) is 9.90 Å². The molecular formula is C16H24N2O3. The number of amides is 2. The first-order chi connectivity index (χ1) is 9.90. The zero-order valence-electron chi connectivity index (χ0n) is 12.9. The van der Waals surface area contributed by atoms with E-state index in [1.165, 1.54) is 0 Å². The van der Waals surface area contributed by atoms with Crippen LogP contribution in [-0.4, -0.2) is 40.8 Å². The van der Waals surface area contributed by atoms with Gasteiger partial charge in [-0.3, -0.25) is 0 Å². The Kier molecular flexibility index (Phi) is 4.73. The van der Waals surface area contributed by atoms with Crippen LogP contribution in [0.25, 0.3) is 0 Å². The molecule has 0 radical (unpaired) electrons. The quantitative estimate of drug-likeness (QED) is 0.900. The Bertz CT molecular complexity index is 497. The highest BCUT2D eigenvalue weighted by molar-refractivity contribution is 5.91. The summed E-state index contributed by atoms with van der Waals surface area (Å²) in [5, 5.41) is 12.2. The average molecular weight is 292 g/mol. The summed E-state index contributed by atoms with van der Waals surface area (Å²) < 4.78 is 5.87. The van der Waals surface area contributed by atoms with Gasteiger partial charge in [0.15, 0.2) is 0 Å². The number of anilines is 1. The maximum atomic E-state index is 12.4. The molecule has 0 bridgehead atoms. The molecule has 116 valence electrons. The van der Waals surface area contributed by atoms with Crippen molar-refractivity contribution in [3.8, 4) is 5.75 Å². The number of carbonyl (C=O) groups excluding carboxylic acids is 1. The van der Waals surface area contributed by atoms with Crippen molar-refractivity contribution in [3.63, 3.8) is 0 Å². The molecule has 1 heterocycles. The molecule has 0 aliphatic carbocycles. The number of hydrogen-bond donors (Lipinski definition) is 2. The maximum Gasteiger partial charge on any atom is 0.322 e. The summed E-state index contributed by atoms with van der Waals surface area (Å²) in [5.41, 5.74) is 0.322. The van der Waals surface area contributed by atoms with Crippen molar-refractivity contribution in [2.75, 3.05) is 18.5 Å². The Hall–Kier alpha value is -1.75. The lowest BCUT2D eigenvalue weighted by Crippen LogP contribution is -2.40. The highest BCUT2D eigenvalue weighted by Crippen LogP contribution is 2.28. The molecule has 1 atom stereocenters. The minimum absolute atomic E-state index is 0.00750. The molecule has 2 N–H and O–H groups in total. The van der Waals surface area contributed by atoms with E-state index < -0.39 is 0 Å².